The summed E-state index contributed by atoms with van der Waals surface area (Å²) in [6.45, 7) is 1.32. The van der Waals surface area contributed by atoms with E-state index in [1.807, 2.05) is 12.1 Å². The van der Waals surface area contributed by atoms with Gasteiger partial charge in [-0.05, 0) is 36.4 Å². The third kappa shape index (κ3) is 2.51. The molecule has 6 nitrogen and oxygen atoms in total. The molecule has 0 aliphatic rings. The first-order valence-electron chi connectivity index (χ1n) is 6.29. The van der Waals surface area contributed by atoms with E-state index in [-0.39, 0.29) is 5.91 Å². The summed E-state index contributed by atoms with van der Waals surface area (Å²) in [4.78, 5) is 23.3. The molecule has 6 heteroatoms. The number of benzene rings is 2. The third-order valence-electron chi connectivity index (χ3n) is 2.91. The summed E-state index contributed by atoms with van der Waals surface area (Å²) in [5.41, 5.74) is 1.73. The van der Waals surface area contributed by atoms with Gasteiger partial charge in [-0.15, -0.1) is 5.10 Å². The maximum Gasteiger partial charge on any atom is 0.308 e. The Kier molecular flexibility index (Phi) is 3.19. The molecule has 0 unspecified atom stereocenters. The molecule has 1 heterocycles. The minimum atomic E-state index is -0.406. The van der Waals surface area contributed by atoms with E-state index < -0.39 is 5.97 Å². The summed E-state index contributed by atoms with van der Waals surface area (Å²) < 4.78 is 6.17. The van der Waals surface area contributed by atoms with E-state index >= 15 is 0 Å². The fourth-order valence-corrected chi connectivity index (χ4v) is 1.97. The van der Waals surface area contributed by atoms with Gasteiger partial charge in [0, 0.05) is 12.5 Å². The molecule has 104 valence electrons. The Bertz CT molecular complexity index is 822. The van der Waals surface area contributed by atoms with Crippen LogP contribution in [0.4, 0.5) is 0 Å². The van der Waals surface area contributed by atoms with Crippen molar-refractivity contribution >= 4 is 22.9 Å². The number of fused-ring (bicyclic) bond motifs is 1. The van der Waals surface area contributed by atoms with Crippen LogP contribution >= 0.6 is 0 Å². The van der Waals surface area contributed by atoms with Crippen molar-refractivity contribution in [3.05, 3.63) is 54.1 Å². The number of hydrogen-bond acceptors (Lipinski definition) is 5. The lowest BCUT2D eigenvalue weighted by atomic mass is 10.2. The van der Waals surface area contributed by atoms with Crippen molar-refractivity contribution in [2.24, 2.45) is 0 Å². The lowest BCUT2D eigenvalue weighted by Gasteiger charge is -2.03. The predicted octanol–water partition coefficient (Wildman–Crippen LogP) is 2.05. The summed E-state index contributed by atoms with van der Waals surface area (Å²) in [6, 6.07) is 13.5. The van der Waals surface area contributed by atoms with Crippen molar-refractivity contribution in [2.75, 3.05) is 0 Å². The fourth-order valence-electron chi connectivity index (χ4n) is 1.97. The van der Waals surface area contributed by atoms with Crippen LogP contribution in [-0.2, 0) is 4.79 Å². The Balaban J connectivity index is 1.93. The molecule has 0 spiro atoms. The largest absolute Gasteiger partial charge is 0.427 e. The van der Waals surface area contributed by atoms with E-state index in [4.69, 9.17) is 4.74 Å². The number of carbonyl (C=O) groups excluding carboxylic acids is 2. The Morgan fingerprint density at radius 1 is 1.05 bits per heavy atom. The summed E-state index contributed by atoms with van der Waals surface area (Å²) in [5.74, 6) is -0.308. The SMILES string of the molecule is CC(=O)Oc1ccc(C(=O)n2nnc3ccccc32)cc1. The van der Waals surface area contributed by atoms with Crippen molar-refractivity contribution in [1.29, 1.82) is 0 Å². The van der Waals surface area contributed by atoms with Gasteiger partial charge in [-0.1, -0.05) is 17.3 Å². The highest BCUT2D eigenvalue weighted by atomic mass is 16.5. The molecular weight excluding hydrogens is 270 g/mol. The van der Waals surface area contributed by atoms with Crippen molar-refractivity contribution in [3.8, 4) is 5.75 Å². The van der Waals surface area contributed by atoms with Crippen LogP contribution in [-0.4, -0.2) is 26.9 Å². The highest BCUT2D eigenvalue weighted by molar-refractivity contribution is 6.00. The van der Waals surface area contributed by atoms with E-state index in [1.165, 1.54) is 11.6 Å². The minimum absolute atomic E-state index is 0.293. The van der Waals surface area contributed by atoms with Crippen LogP contribution < -0.4 is 4.74 Å². The highest BCUT2D eigenvalue weighted by Crippen LogP contribution is 2.15. The molecule has 0 saturated heterocycles. The van der Waals surface area contributed by atoms with Crippen LogP contribution in [0.25, 0.3) is 11.0 Å². The standard InChI is InChI=1S/C15H11N3O3/c1-10(19)21-12-8-6-11(7-9-12)15(20)18-14-5-3-2-4-13(14)16-17-18/h2-9H,1H3. The minimum Gasteiger partial charge on any atom is -0.427 e. The van der Waals surface area contributed by atoms with Gasteiger partial charge in [-0.3, -0.25) is 9.59 Å². The van der Waals surface area contributed by atoms with Crippen LogP contribution in [0, 0.1) is 0 Å². The summed E-state index contributed by atoms with van der Waals surface area (Å²) in [5, 5.41) is 7.82. The van der Waals surface area contributed by atoms with Crippen molar-refractivity contribution in [1.82, 2.24) is 15.0 Å². The molecule has 0 fully saturated rings. The van der Waals surface area contributed by atoms with Gasteiger partial charge in [0.05, 0.1) is 5.52 Å². The van der Waals surface area contributed by atoms with Crippen LogP contribution in [0.3, 0.4) is 0 Å². The molecule has 0 bridgehead atoms. The van der Waals surface area contributed by atoms with Gasteiger partial charge in [-0.2, -0.15) is 4.68 Å². The van der Waals surface area contributed by atoms with E-state index in [2.05, 4.69) is 10.3 Å². The van der Waals surface area contributed by atoms with Crippen LogP contribution in [0.15, 0.2) is 48.5 Å². The monoisotopic (exact) mass is 281 g/mol. The third-order valence-corrected chi connectivity index (χ3v) is 2.91. The second kappa shape index (κ2) is 5.16. The first-order valence-corrected chi connectivity index (χ1v) is 6.29. The first kappa shape index (κ1) is 13.0. The van der Waals surface area contributed by atoms with E-state index in [0.717, 1.165) is 0 Å². The molecule has 0 aliphatic heterocycles. The van der Waals surface area contributed by atoms with Gasteiger partial charge < -0.3 is 4.74 Å². The zero-order chi connectivity index (χ0) is 14.8. The fraction of sp³-hybridized carbons (Fsp3) is 0.0667. The van der Waals surface area contributed by atoms with E-state index in [1.54, 1.807) is 36.4 Å². The maximum atomic E-state index is 12.4. The van der Waals surface area contributed by atoms with E-state index in [9.17, 15) is 9.59 Å². The summed E-state index contributed by atoms with van der Waals surface area (Å²) in [6.07, 6.45) is 0. The summed E-state index contributed by atoms with van der Waals surface area (Å²) >= 11 is 0. The topological polar surface area (TPSA) is 74.1 Å². The molecule has 2 aromatic carbocycles. The van der Waals surface area contributed by atoms with Crippen molar-refractivity contribution in [2.45, 2.75) is 6.92 Å². The van der Waals surface area contributed by atoms with Crippen molar-refractivity contribution in [3.63, 3.8) is 0 Å². The molecular formula is C15H11N3O3. The Labute approximate surface area is 119 Å². The second-order valence-electron chi connectivity index (χ2n) is 4.41. The number of rotatable bonds is 2. The molecule has 3 aromatic rings. The maximum absolute atomic E-state index is 12.4. The number of ether oxygens (including phenoxy) is 1. The molecule has 0 radical (unpaired) electrons. The highest BCUT2D eigenvalue weighted by Gasteiger charge is 2.13. The lowest BCUT2D eigenvalue weighted by molar-refractivity contribution is -0.131. The molecule has 0 saturated carbocycles. The van der Waals surface area contributed by atoms with Gasteiger partial charge in [0.1, 0.15) is 11.3 Å². The molecule has 0 aliphatic carbocycles. The second-order valence-corrected chi connectivity index (χ2v) is 4.41. The van der Waals surface area contributed by atoms with Crippen LogP contribution in [0.2, 0.25) is 0 Å². The average molecular weight is 281 g/mol. The number of nitrogens with zero attached hydrogens (tertiary/aromatic N) is 3. The zero-order valence-electron chi connectivity index (χ0n) is 11.2. The normalized spacial score (nSPS) is 10.5. The van der Waals surface area contributed by atoms with Gasteiger partial charge >= 0.3 is 5.97 Å². The number of hydrogen-bond donors (Lipinski definition) is 0. The molecule has 0 amide bonds. The van der Waals surface area contributed by atoms with E-state index in [0.29, 0.717) is 22.3 Å². The average Bonchev–Trinajstić information content (AvgIpc) is 2.90. The smallest absolute Gasteiger partial charge is 0.308 e. The Morgan fingerprint density at radius 2 is 1.76 bits per heavy atom. The van der Waals surface area contributed by atoms with Gasteiger partial charge in [-0.25, -0.2) is 0 Å². The van der Waals surface area contributed by atoms with Gasteiger partial charge in [0.2, 0.25) is 0 Å². The summed E-state index contributed by atoms with van der Waals surface area (Å²) in [7, 11) is 0. The molecule has 1 aromatic heterocycles. The quantitative estimate of drug-likeness (QED) is 0.531. The van der Waals surface area contributed by atoms with Crippen LogP contribution in [0.1, 0.15) is 17.3 Å². The molecule has 3 rings (SSSR count). The number of aromatic nitrogens is 3. The number of carbonyl (C=O) groups is 2. The predicted molar refractivity (Wildman–Crippen MR) is 75.0 cm³/mol. The number of para-hydroxylation sites is 1. The zero-order valence-corrected chi connectivity index (χ0v) is 11.2. The molecule has 21 heavy (non-hydrogen) atoms. The van der Waals surface area contributed by atoms with Crippen LogP contribution in [0.5, 0.6) is 5.75 Å². The Hall–Kier alpha value is -3.02. The molecule has 0 atom stereocenters. The van der Waals surface area contributed by atoms with Gasteiger partial charge in [0.15, 0.2) is 0 Å². The molecule has 0 N–H and O–H groups in total. The number of esters is 1. The first-order chi connectivity index (χ1) is 10.1. The van der Waals surface area contributed by atoms with Gasteiger partial charge in [0.25, 0.3) is 5.91 Å². The Morgan fingerprint density at radius 3 is 2.48 bits per heavy atom. The van der Waals surface area contributed by atoms with Crippen molar-refractivity contribution < 1.29 is 14.3 Å². The lowest BCUT2D eigenvalue weighted by Crippen LogP contribution is -2.13.